The fraction of sp³-hybridized carbons (Fsp3) is 0.222. The van der Waals surface area contributed by atoms with Gasteiger partial charge in [-0.05, 0) is 42.3 Å². The predicted molar refractivity (Wildman–Crippen MR) is 96.4 cm³/mol. The molecule has 25 heavy (non-hydrogen) atoms. The predicted octanol–water partition coefficient (Wildman–Crippen LogP) is 2.94. The Hall–Kier alpha value is -3.22. The van der Waals surface area contributed by atoms with Crippen LogP contribution in [0.3, 0.4) is 0 Å². The molecule has 0 saturated carbocycles. The fourth-order valence-corrected chi connectivity index (χ4v) is 2.55. The number of anilines is 1. The van der Waals surface area contributed by atoms with E-state index in [0.29, 0.717) is 30.2 Å². The zero-order valence-electron chi connectivity index (χ0n) is 14.1. The smallest absolute Gasteiger partial charge is 0.319 e. The van der Waals surface area contributed by atoms with Gasteiger partial charge >= 0.3 is 6.03 Å². The Morgan fingerprint density at radius 2 is 1.96 bits per heavy atom. The molecule has 2 amide bonds. The molecule has 1 aromatic heterocycles. The first kappa shape index (κ1) is 16.6. The first-order chi connectivity index (χ1) is 12.2. The summed E-state index contributed by atoms with van der Waals surface area (Å²) in [7, 11) is 3.20. The number of nitrogens with one attached hydrogen (secondary N) is 3. The Morgan fingerprint density at radius 1 is 1.12 bits per heavy atom. The molecule has 3 N–H and O–H groups in total. The summed E-state index contributed by atoms with van der Waals surface area (Å²) in [5, 5.41) is 5.65. The van der Waals surface area contributed by atoms with Crippen LogP contribution in [-0.4, -0.2) is 36.8 Å². The Bertz CT molecular complexity index is 876. The van der Waals surface area contributed by atoms with E-state index in [4.69, 9.17) is 9.47 Å². The zero-order valence-corrected chi connectivity index (χ0v) is 14.1. The summed E-state index contributed by atoms with van der Waals surface area (Å²) in [5.74, 6) is 1.36. The summed E-state index contributed by atoms with van der Waals surface area (Å²) in [5.41, 5.74) is 3.50. The molecule has 0 unspecified atom stereocenters. The average Bonchev–Trinajstić information content (AvgIpc) is 3.09. The normalized spacial score (nSPS) is 10.5. The SMILES string of the molecule is COc1ccc(CCNC(=O)Nc2ccc3nc[nH]c3c2)cc1OC. The number of carbonyl (C=O) groups is 1. The third kappa shape index (κ3) is 4.00. The summed E-state index contributed by atoms with van der Waals surface area (Å²) in [6.07, 6.45) is 2.31. The van der Waals surface area contributed by atoms with Crippen molar-refractivity contribution in [1.29, 1.82) is 0 Å². The lowest BCUT2D eigenvalue weighted by Gasteiger charge is -2.10. The van der Waals surface area contributed by atoms with Gasteiger partial charge in [0.05, 0.1) is 31.6 Å². The topological polar surface area (TPSA) is 88.3 Å². The molecule has 0 fully saturated rings. The standard InChI is InChI=1S/C18H20N4O3/c1-24-16-6-3-12(9-17(16)25-2)7-8-19-18(23)22-13-4-5-14-15(10-13)21-11-20-14/h3-6,9-11H,7-8H2,1-2H3,(H,20,21)(H2,19,22,23). The van der Waals surface area contributed by atoms with Crippen LogP contribution in [0.4, 0.5) is 10.5 Å². The highest BCUT2D eigenvalue weighted by atomic mass is 16.5. The van der Waals surface area contributed by atoms with Gasteiger partial charge in [-0.15, -0.1) is 0 Å². The Balaban J connectivity index is 1.52. The van der Waals surface area contributed by atoms with Crippen LogP contribution in [0.15, 0.2) is 42.7 Å². The number of ether oxygens (including phenoxy) is 2. The molecule has 1 heterocycles. The number of fused-ring (bicyclic) bond motifs is 1. The molecule has 130 valence electrons. The van der Waals surface area contributed by atoms with Crippen LogP contribution in [0.2, 0.25) is 0 Å². The molecule has 0 bridgehead atoms. The van der Waals surface area contributed by atoms with Crippen molar-refractivity contribution in [2.75, 3.05) is 26.1 Å². The number of H-pyrrole nitrogens is 1. The quantitative estimate of drug-likeness (QED) is 0.644. The number of methoxy groups -OCH3 is 2. The van der Waals surface area contributed by atoms with Crippen molar-refractivity contribution in [2.24, 2.45) is 0 Å². The maximum atomic E-state index is 12.0. The number of aromatic nitrogens is 2. The van der Waals surface area contributed by atoms with E-state index in [2.05, 4.69) is 20.6 Å². The second kappa shape index (κ2) is 7.57. The Labute approximate surface area is 145 Å². The average molecular weight is 340 g/mol. The molecule has 0 aliphatic carbocycles. The van der Waals surface area contributed by atoms with Gasteiger partial charge in [0, 0.05) is 12.2 Å². The van der Waals surface area contributed by atoms with Crippen molar-refractivity contribution >= 4 is 22.8 Å². The molecular weight excluding hydrogens is 320 g/mol. The minimum absolute atomic E-state index is 0.251. The summed E-state index contributed by atoms with van der Waals surface area (Å²) >= 11 is 0. The molecule has 0 aliphatic heterocycles. The van der Waals surface area contributed by atoms with Gasteiger partial charge in [0.1, 0.15) is 0 Å². The minimum atomic E-state index is -0.251. The van der Waals surface area contributed by atoms with Crippen LogP contribution in [0.25, 0.3) is 11.0 Å². The highest BCUT2D eigenvalue weighted by Gasteiger charge is 2.06. The Morgan fingerprint density at radius 3 is 2.76 bits per heavy atom. The molecule has 0 atom stereocenters. The van der Waals surface area contributed by atoms with Crippen LogP contribution in [0.5, 0.6) is 11.5 Å². The van der Waals surface area contributed by atoms with Crippen molar-refractivity contribution in [3.8, 4) is 11.5 Å². The number of rotatable bonds is 6. The van der Waals surface area contributed by atoms with Gasteiger partial charge in [-0.3, -0.25) is 0 Å². The number of aromatic amines is 1. The lowest BCUT2D eigenvalue weighted by atomic mass is 10.1. The lowest BCUT2D eigenvalue weighted by molar-refractivity contribution is 0.252. The number of benzene rings is 2. The molecule has 3 aromatic rings. The number of imidazole rings is 1. The molecule has 0 saturated heterocycles. The monoisotopic (exact) mass is 340 g/mol. The molecule has 3 rings (SSSR count). The van der Waals surface area contributed by atoms with E-state index in [1.165, 1.54) is 0 Å². The number of nitrogens with zero attached hydrogens (tertiary/aromatic N) is 1. The fourth-order valence-electron chi connectivity index (χ4n) is 2.55. The van der Waals surface area contributed by atoms with E-state index in [-0.39, 0.29) is 6.03 Å². The number of amides is 2. The van der Waals surface area contributed by atoms with E-state index in [1.54, 1.807) is 20.5 Å². The highest BCUT2D eigenvalue weighted by molar-refractivity contribution is 5.91. The molecule has 0 radical (unpaired) electrons. The lowest BCUT2D eigenvalue weighted by Crippen LogP contribution is -2.30. The second-order valence-electron chi connectivity index (χ2n) is 5.45. The van der Waals surface area contributed by atoms with Crippen LogP contribution >= 0.6 is 0 Å². The first-order valence-corrected chi connectivity index (χ1v) is 7.88. The van der Waals surface area contributed by atoms with Crippen LogP contribution < -0.4 is 20.1 Å². The van der Waals surface area contributed by atoms with Crippen LogP contribution in [0, 0.1) is 0 Å². The van der Waals surface area contributed by atoms with E-state index in [0.717, 1.165) is 16.6 Å². The third-order valence-electron chi connectivity index (χ3n) is 3.83. The van der Waals surface area contributed by atoms with Gasteiger partial charge in [-0.25, -0.2) is 9.78 Å². The number of urea groups is 1. The summed E-state index contributed by atoms with van der Waals surface area (Å²) in [6.45, 7) is 0.508. The Kier molecular flexibility index (Phi) is 5.03. The maximum Gasteiger partial charge on any atom is 0.319 e. The van der Waals surface area contributed by atoms with Crippen molar-refractivity contribution in [1.82, 2.24) is 15.3 Å². The number of hydrogen-bond donors (Lipinski definition) is 3. The minimum Gasteiger partial charge on any atom is -0.493 e. The van der Waals surface area contributed by atoms with Crippen molar-refractivity contribution in [3.63, 3.8) is 0 Å². The largest absolute Gasteiger partial charge is 0.493 e. The van der Waals surface area contributed by atoms with Gasteiger partial charge in [0.15, 0.2) is 11.5 Å². The maximum absolute atomic E-state index is 12.0. The van der Waals surface area contributed by atoms with Gasteiger partial charge in [-0.1, -0.05) is 6.07 Å². The molecular formula is C18H20N4O3. The second-order valence-corrected chi connectivity index (χ2v) is 5.45. The van der Waals surface area contributed by atoms with Gasteiger partial charge in [0.2, 0.25) is 0 Å². The van der Waals surface area contributed by atoms with Gasteiger partial charge in [0.25, 0.3) is 0 Å². The number of carbonyl (C=O) groups excluding carboxylic acids is 1. The first-order valence-electron chi connectivity index (χ1n) is 7.88. The summed E-state index contributed by atoms with van der Waals surface area (Å²) < 4.78 is 10.5. The van der Waals surface area contributed by atoms with Gasteiger partial charge in [-0.2, -0.15) is 0 Å². The van der Waals surface area contributed by atoms with E-state index >= 15 is 0 Å². The molecule has 0 spiro atoms. The van der Waals surface area contributed by atoms with E-state index < -0.39 is 0 Å². The van der Waals surface area contributed by atoms with Crippen molar-refractivity contribution in [3.05, 3.63) is 48.3 Å². The zero-order chi connectivity index (χ0) is 17.6. The molecule has 0 aliphatic rings. The summed E-state index contributed by atoms with van der Waals surface area (Å²) in [4.78, 5) is 19.2. The van der Waals surface area contributed by atoms with E-state index in [9.17, 15) is 4.79 Å². The van der Waals surface area contributed by atoms with Crippen molar-refractivity contribution in [2.45, 2.75) is 6.42 Å². The van der Waals surface area contributed by atoms with Crippen molar-refractivity contribution < 1.29 is 14.3 Å². The summed E-state index contributed by atoms with van der Waals surface area (Å²) in [6, 6.07) is 11.0. The molecule has 2 aromatic carbocycles. The molecule has 7 nitrogen and oxygen atoms in total. The van der Waals surface area contributed by atoms with Gasteiger partial charge < -0.3 is 25.1 Å². The van der Waals surface area contributed by atoms with Crippen LogP contribution in [-0.2, 0) is 6.42 Å². The molecule has 7 heteroatoms. The third-order valence-corrected chi connectivity index (χ3v) is 3.83. The van der Waals surface area contributed by atoms with E-state index in [1.807, 2.05) is 36.4 Å². The highest BCUT2D eigenvalue weighted by Crippen LogP contribution is 2.27. The number of hydrogen-bond acceptors (Lipinski definition) is 4. The van der Waals surface area contributed by atoms with Crippen LogP contribution in [0.1, 0.15) is 5.56 Å².